The molecule has 0 N–H and O–H groups in total. The fourth-order valence-corrected chi connectivity index (χ4v) is 0.981. The monoisotopic (exact) mass is 230 g/mol. The van der Waals surface area contributed by atoms with Gasteiger partial charge in [-0.05, 0) is 27.7 Å². The molecule has 0 atom stereocenters. The van der Waals surface area contributed by atoms with E-state index in [0.29, 0.717) is 38.3 Å². The van der Waals surface area contributed by atoms with Crippen LogP contribution in [0.5, 0.6) is 0 Å². The maximum absolute atomic E-state index is 5.27. The van der Waals surface area contributed by atoms with Crippen LogP contribution < -0.4 is 0 Å². The second-order valence-corrected chi connectivity index (χ2v) is 2.70. The van der Waals surface area contributed by atoms with Crippen molar-refractivity contribution in [1.82, 2.24) is 0 Å². The van der Waals surface area contributed by atoms with Gasteiger partial charge in [-0.2, -0.15) is 0 Å². The Morgan fingerprint density at radius 1 is 0.625 bits per heavy atom. The number of rotatable bonds is 9. The standard InChI is InChI=1S/C12H22O4/c1-5-13-11(14-6-2)9-10-12(15-7-3)16-8-4/h9-10H,5-8H2,1-4H3. The van der Waals surface area contributed by atoms with Gasteiger partial charge in [0.25, 0.3) is 11.9 Å². The van der Waals surface area contributed by atoms with Crippen molar-refractivity contribution in [2.24, 2.45) is 0 Å². The summed E-state index contributed by atoms with van der Waals surface area (Å²) in [5.41, 5.74) is 0. The highest BCUT2D eigenvalue weighted by molar-refractivity contribution is 5.05. The van der Waals surface area contributed by atoms with Crippen LogP contribution in [0.25, 0.3) is 0 Å². The van der Waals surface area contributed by atoms with Gasteiger partial charge in [0.2, 0.25) is 0 Å². The van der Waals surface area contributed by atoms with E-state index < -0.39 is 0 Å². The smallest absolute Gasteiger partial charge is 0.279 e. The van der Waals surface area contributed by atoms with Gasteiger partial charge in [0.15, 0.2) is 0 Å². The summed E-state index contributed by atoms with van der Waals surface area (Å²) >= 11 is 0. The molecule has 0 aromatic carbocycles. The van der Waals surface area contributed by atoms with E-state index in [4.69, 9.17) is 18.9 Å². The van der Waals surface area contributed by atoms with E-state index >= 15 is 0 Å². The van der Waals surface area contributed by atoms with Crippen LogP contribution in [0.1, 0.15) is 27.7 Å². The van der Waals surface area contributed by atoms with Crippen LogP contribution in [0.3, 0.4) is 0 Å². The molecule has 0 heterocycles. The Bertz CT molecular complexity index is 181. The van der Waals surface area contributed by atoms with Gasteiger partial charge in [0.05, 0.1) is 26.4 Å². The first kappa shape index (κ1) is 14.7. The predicted octanol–water partition coefficient (Wildman–Crippen LogP) is 2.82. The van der Waals surface area contributed by atoms with Crippen molar-refractivity contribution >= 4 is 0 Å². The van der Waals surface area contributed by atoms with Gasteiger partial charge in [0.1, 0.15) is 0 Å². The van der Waals surface area contributed by atoms with Crippen LogP contribution in [-0.2, 0) is 18.9 Å². The molecular weight excluding hydrogens is 208 g/mol. The molecule has 0 aliphatic heterocycles. The molecule has 0 saturated heterocycles. The summed E-state index contributed by atoms with van der Waals surface area (Å²) in [7, 11) is 0. The van der Waals surface area contributed by atoms with Gasteiger partial charge in [-0.15, -0.1) is 0 Å². The number of allylic oxidation sites excluding steroid dienone is 2. The Morgan fingerprint density at radius 3 is 1.06 bits per heavy atom. The Hall–Kier alpha value is -1.32. The van der Waals surface area contributed by atoms with Gasteiger partial charge in [-0.1, -0.05) is 0 Å². The minimum atomic E-state index is 0.474. The molecule has 0 aliphatic carbocycles. The van der Waals surface area contributed by atoms with Crippen molar-refractivity contribution in [3.63, 3.8) is 0 Å². The Labute approximate surface area is 97.8 Å². The Balaban J connectivity index is 4.44. The zero-order valence-corrected chi connectivity index (χ0v) is 10.6. The molecule has 0 radical (unpaired) electrons. The predicted molar refractivity (Wildman–Crippen MR) is 62.7 cm³/mol. The lowest BCUT2D eigenvalue weighted by Crippen LogP contribution is -1.99. The van der Waals surface area contributed by atoms with Crippen molar-refractivity contribution in [3.8, 4) is 0 Å². The molecule has 4 heteroatoms. The molecule has 0 aromatic heterocycles. The van der Waals surface area contributed by atoms with Crippen LogP contribution in [0, 0.1) is 0 Å². The van der Waals surface area contributed by atoms with E-state index in [2.05, 4.69) is 0 Å². The number of hydrogen-bond donors (Lipinski definition) is 0. The largest absolute Gasteiger partial charge is 0.466 e. The van der Waals surface area contributed by atoms with Crippen LogP contribution in [0.2, 0.25) is 0 Å². The zero-order valence-electron chi connectivity index (χ0n) is 10.6. The minimum absolute atomic E-state index is 0.474. The first-order chi connectivity index (χ1) is 7.78. The first-order valence-electron chi connectivity index (χ1n) is 5.71. The van der Waals surface area contributed by atoms with Crippen LogP contribution in [-0.4, -0.2) is 26.4 Å². The molecule has 0 bridgehead atoms. The van der Waals surface area contributed by atoms with Crippen molar-refractivity contribution in [3.05, 3.63) is 24.0 Å². The van der Waals surface area contributed by atoms with Gasteiger partial charge in [0, 0.05) is 12.2 Å². The molecular formula is C12H22O4. The molecule has 16 heavy (non-hydrogen) atoms. The normalized spacial score (nSPS) is 9.00. The highest BCUT2D eigenvalue weighted by Crippen LogP contribution is 2.05. The first-order valence-corrected chi connectivity index (χ1v) is 5.71. The third-order valence-electron chi connectivity index (χ3n) is 1.50. The fraction of sp³-hybridized carbons (Fsp3) is 0.667. The molecule has 0 aromatic rings. The van der Waals surface area contributed by atoms with Crippen LogP contribution in [0.15, 0.2) is 24.0 Å². The number of ether oxygens (including phenoxy) is 4. The van der Waals surface area contributed by atoms with E-state index in [1.165, 1.54) is 0 Å². The lowest BCUT2D eigenvalue weighted by Gasteiger charge is -2.09. The lowest BCUT2D eigenvalue weighted by molar-refractivity contribution is 0.0407. The van der Waals surface area contributed by atoms with E-state index in [0.717, 1.165) is 0 Å². The lowest BCUT2D eigenvalue weighted by atomic mass is 10.5. The molecule has 0 aliphatic rings. The molecule has 0 rings (SSSR count). The molecule has 0 unspecified atom stereocenters. The third-order valence-corrected chi connectivity index (χ3v) is 1.50. The SMILES string of the molecule is CCOC(=CC=C(OCC)OCC)OCC. The van der Waals surface area contributed by atoms with Crippen LogP contribution in [0.4, 0.5) is 0 Å². The Kier molecular flexibility index (Phi) is 9.36. The average molecular weight is 230 g/mol. The van der Waals surface area contributed by atoms with E-state index in [9.17, 15) is 0 Å². The maximum Gasteiger partial charge on any atom is 0.279 e. The van der Waals surface area contributed by atoms with E-state index in [1.807, 2.05) is 27.7 Å². The van der Waals surface area contributed by atoms with Crippen molar-refractivity contribution in [1.29, 1.82) is 0 Å². The third kappa shape index (κ3) is 7.04. The molecule has 0 spiro atoms. The summed E-state index contributed by atoms with van der Waals surface area (Å²) in [5.74, 6) is 0.948. The van der Waals surface area contributed by atoms with Gasteiger partial charge < -0.3 is 18.9 Å². The Morgan fingerprint density at radius 2 is 0.875 bits per heavy atom. The molecule has 0 amide bonds. The van der Waals surface area contributed by atoms with Crippen molar-refractivity contribution in [2.45, 2.75) is 27.7 Å². The average Bonchev–Trinajstić information content (AvgIpc) is 2.27. The number of hydrogen-bond acceptors (Lipinski definition) is 4. The molecule has 4 nitrogen and oxygen atoms in total. The molecule has 0 fully saturated rings. The summed E-state index contributed by atoms with van der Waals surface area (Å²) in [6, 6.07) is 0. The quantitative estimate of drug-likeness (QED) is 0.451. The molecule has 94 valence electrons. The van der Waals surface area contributed by atoms with Gasteiger partial charge >= 0.3 is 0 Å². The fourth-order valence-electron chi connectivity index (χ4n) is 0.981. The van der Waals surface area contributed by atoms with E-state index in [1.54, 1.807) is 12.2 Å². The second-order valence-electron chi connectivity index (χ2n) is 2.70. The summed E-state index contributed by atoms with van der Waals surface area (Å²) in [6.07, 6.45) is 3.40. The van der Waals surface area contributed by atoms with Crippen molar-refractivity contribution < 1.29 is 18.9 Å². The summed E-state index contributed by atoms with van der Waals surface area (Å²) in [6.45, 7) is 9.89. The highest BCUT2D eigenvalue weighted by atomic mass is 16.7. The van der Waals surface area contributed by atoms with Crippen molar-refractivity contribution in [2.75, 3.05) is 26.4 Å². The summed E-state index contributed by atoms with van der Waals surface area (Å²) < 4.78 is 21.1. The van der Waals surface area contributed by atoms with Crippen LogP contribution >= 0.6 is 0 Å². The van der Waals surface area contributed by atoms with E-state index in [-0.39, 0.29) is 0 Å². The topological polar surface area (TPSA) is 36.9 Å². The summed E-state index contributed by atoms with van der Waals surface area (Å²) in [4.78, 5) is 0. The molecule has 0 saturated carbocycles. The minimum Gasteiger partial charge on any atom is -0.466 e. The zero-order chi connectivity index (χ0) is 12.2. The second kappa shape index (κ2) is 10.2. The summed E-state index contributed by atoms with van der Waals surface area (Å²) in [5, 5.41) is 0. The van der Waals surface area contributed by atoms with Gasteiger partial charge in [-0.3, -0.25) is 0 Å². The van der Waals surface area contributed by atoms with Gasteiger partial charge in [-0.25, -0.2) is 0 Å². The maximum atomic E-state index is 5.27. The highest BCUT2D eigenvalue weighted by Gasteiger charge is 1.98.